The molecule has 3 rings (SSSR count). The van der Waals surface area contributed by atoms with Crippen molar-refractivity contribution in [3.63, 3.8) is 0 Å². The SMILES string of the molecule is O=C(NCCc1ccccc1F)C1CCn2cncc2C1. The lowest BCUT2D eigenvalue weighted by Crippen LogP contribution is -2.36. The number of aromatic nitrogens is 2. The summed E-state index contributed by atoms with van der Waals surface area (Å²) in [6.07, 6.45) is 5.70. The quantitative estimate of drug-likeness (QED) is 0.934. The molecule has 1 aliphatic rings. The van der Waals surface area contributed by atoms with E-state index in [-0.39, 0.29) is 17.6 Å². The third kappa shape index (κ3) is 3.12. The molecule has 1 aromatic heterocycles. The van der Waals surface area contributed by atoms with Crippen molar-refractivity contribution < 1.29 is 9.18 Å². The van der Waals surface area contributed by atoms with Gasteiger partial charge in [0.15, 0.2) is 0 Å². The second-order valence-corrected chi connectivity index (χ2v) is 5.40. The molecule has 1 N–H and O–H groups in total. The number of carbonyl (C=O) groups excluding carboxylic acids is 1. The Morgan fingerprint density at radius 1 is 1.43 bits per heavy atom. The zero-order valence-electron chi connectivity index (χ0n) is 11.8. The number of nitrogens with one attached hydrogen (secondary N) is 1. The maximum Gasteiger partial charge on any atom is 0.223 e. The number of hydrogen-bond acceptors (Lipinski definition) is 2. The number of fused-ring (bicyclic) bond motifs is 1. The van der Waals surface area contributed by atoms with Gasteiger partial charge in [0.05, 0.1) is 6.33 Å². The molecule has 0 bridgehead atoms. The standard InChI is InChI=1S/C16H18FN3O/c17-15-4-2-1-3-12(15)5-7-19-16(21)13-6-8-20-11-18-10-14(20)9-13/h1-4,10-11,13H,5-9H2,(H,19,21). The first-order chi connectivity index (χ1) is 10.2. The van der Waals surface area contributed by atoms with Gasteiger partial charge in [-0.05, 0) is 24.5 Å². The van der Waals surface area contributed by atoms with Crippen molar-refractivity contribution in [1.82, 2.24) is 14.9 Å². The third-order valence-corrected chi connectivity index (χ3v) is 3.99. The van der Waals surface area contributed by atoms with Crippen LogP contribution in [0.4, 0.5) is 4.39 Å². The van der Waals surface area contributed by atoms with Crippen LogP contribution in [0.15, 0.2) is 36.8 Å². The zero-order valence-corrected chi connectivity index (χ0v) is 11.8. The molecular formula is C16H18FN3O. The third-order valence-electron chi connectivity index (χ3n) is 3.99. The molecule has 0 radical (unpaired) electrons. The van der Waals surface area contributed by atoms with E-state index in [0.717, 1.165) is 25.1 Å². The Hall–Kier alpha value is -2.17. The molecule has 0 fully saturated rings. The Bertz CT molecular complexity index is 638. The molecule has 2 heterocycles. The second kappa shape index (κ2) is 6.08. The summed E-state index contributed by atoms with van der Waals surface area (Å²) >= 11 is 0. The van der Waals surface area contributed by atoms with Crippen molar-refractivity contribution >= 4 is 5.91 Å². The number of halogens is 1. The molecular weight excluding hydrogens is 269 g/mol. The molecule has 0 aliphatic carbocycles. The largest absolute Gasteiger partial charge is 0.356 e. The summed E-state index contributed by atoms with van der Waals surface area (Å²) in [7, 11) is 0. The molecule has 0 saturated heterocycles. The molecule has 1 aromatic carbocycles. The zero-order chi connectivity index (χ0) is 14.7. The molecule has 1 atom stereocenters. The number of benzene rings is 1. The van der Waals surface area contributed by atoms with Crippen LogP contribution in [-0.4, -0.2) is 22.0 Å². The van der Waals surface area contributed by atoms with Crippen LogP contribution in [0.1, 0.15) is 17.7 Å². The highest BCUT2D eigenvalue weighted by Gasteiger charge is 2.24. The van der Waals surface area contributed by atoms with Crippen LogP contribution in [-0.2, 0) is 24.2 Å². The fraction of sp³-hybridized carbons (Fsp3) is 0.375. The van der Waals surface area contributed by atoms with Gasteiger partial charge in [0, 0.05) is 37.3 Å². The first kappa shape index (κ1) is 13.8. The highest BCUT2D eigenvalue weighted by Crippen LogP contribution is 2.19. The summed E-state index contributed by atoms with van der Waals surface area (Å²) in [6, 6.07) is 6.67. The van der Waals surface area contributed by atoms with Crippen molar-refractivity contribution in [3.05, 3.63) is 53.9 Å². The second-order valence-electron chi connectivity index (χ2n) is 5.40. The molecule has 1 amide bonds. The number of nitrogens with zero attached hydrogens (tertiary/aromatic N) is 2. The van der Waals surface area contributed by atoms with Gasteiger partial charge in [0.25, 0.3) is 0 Å². The Morgan fingerprint density at radius 2 is 2.29 bits per heavy atom. The number of hydrogen-bond donors (Lipinski definition) is 1. The molecule has 0 saturated carbocycles. The van der Waals surface area contributed by atoms with Crippen LogP contribution in [0.25, 0.3) is 0 Å². The first-order valence-electron chi connectivity index (χ1n) is 7.24. The fourth-order valence-corrected chi connectivity index (χ4v) is 2.76. The number of aryl methyl sites for hydroxylation is 1. The smallest absolute Gasteiger partial charge is 0.223 e. The van der Waals surface area contributed by atoms with Gasteiger partial charge < -0.3 is 9.88 Å². The van der Waals surface area contributed by atoms with Crippen molar-refractivity contribution in [2.45, 2.75) is 25.8 Å². The van der Waals surface area contributed by atoms with E-state index in [1.54, 1.807) is 12.1 Å². The Morgan fingerprint density at radius 3 is 3.14 bits per heavy atom. The number of rotatable bonds is 4. The average Bonchev–Trinajstić information content (AvgIpc) is 2.96. The molecule has 1 aliphatic heterocycles. The summed E-state index contributed by atoms with van der Waals surface area (Å²) in [5.41, 5.74) is 1.75. The molecule has 5 heteroatoms. The lowest BCUT2D eigenvalue weighted by Gasteiger charge is -2.23. The molecule has 2 aromatic rings. The van der Waals surface area contributed by atoms with E-state index < -0.39 is 0 Å². The van der Waals surface area contributed by atoms with E-state index in [1.807, 2.05) is 18.6 Å². The van der Waals surface area contributed by atoms with Crippen LogP contribution in [0.5, 0.6) is 0 Å². The van der Waals surface area contributed by atoms with Gasteiger partial charge in [-0.1, -0.05) is 18.2 Å². The van der Waals surface area contributed by atoms with Crippen molar-refractivity contribution in [2.24, 2.45) is 5.92 Å². The molecule has 1 unspecified atom stereocenters. The topological polar surface area (TPSA) is 46.9 Å². The van der Waals surface area contributed by atoms with E-state index in [0.29, 0.717) is 18.5 Å². The van der Waals surface area contributed by atoms with Crippen molar-refractivity contribution in [2.75, 3.05) is 6.54 Å². The number of carbonyl (C=O) groups is 1. The first-order valence-corrected chi connectivity index (χ1v) is 7.24. The Kier molecular flexibility index (Phi) is 3.99. The van der Waals surface area contributed by atoms with Crippen LogP contribution >= 0.6 is 0 Å². The fourth-order valence-electron chi connectivity index (χ4n) is 2.76. The lowest BCUT2D eigenvalue weighted by atomic mass is 9.95. The van der Waals surface area contributed by atoms with Crippen LogP contribution < -0.4 is 5.32 Å². The van der Waals surface area contributed by atoms with Gasteiger partial charge in [-0.25, -0.2) is 9.37 Å². The van der Waals surface area contributed by atoms with Crippen molar-refractivity contribution in [3.8, 4) is 0 Å². The summed E-state index contributed by atoms with van der Waals surface area (Å²) < 4.78 is 15.6. The van der Waals surface area contributed by atoms with Gasteiger partial charge in [-0.15, -0.1) is 0 Å². The number of amides is 1. The summed E-state index contributed by atoms with van der Waals surface area (Å²) in [6.45, 7) is 1.30. The Balaban J connectivity index is 1.50. The minimum absolute atomic E-state index is 0.00480. The highest BCUT2D eigenvalue weighted by molar-refractivity contribution is 5.79. The molecule has 4 nitrogen and oxygen atoms in total. The molecule has 21 heavy (non-hydrogen) atoms. The molecule has 0 spiro atoms. The maximum atomic E-state index is 13.5. The van der Waals surface area contributed by atoms with E-state index in [2.05, 4.69) is 14.9 Å². The normalized spacial score (nSPS) is 17.3. The predicted octanol–water partition coefficient (Wildman–Crippen LogP) is 1.94. The highest BCUT2D eigenvalue weighted by atomic mass is 19.1. The van der Waals surface area contributed by atoms with Crippen LogP contribution in [0.2, 0.25) is 0 Å². The maximum absolute atomic E-state index is 13.5. The average molecular weight is 287 g/mol. The lowest BCUT2D eigenvalue weighted by molar-refractivity contribution is -0.125. The summed E-state index contributed by atoms with van der Waals surface area (Å²) in [4.78, 5) is 16.3. The van der Waals surface area contributed by atoms with Gasteiger partial charge in [-0.3, -0.25) is 4.79 Å². The van der Waals surface area contributed by atoms with Crippen molar-refractivity contribution in [1.29, 1.82) is 0 Å². The van der Waals surface area contributed by atoms with Crippen LogP contribution in [0.3, 0.4) is 0 Å². The monoisotopic (exact) mass is 287 g/mol. The van der Waals surface area contributed by atoms with E-state index >= 15 is 0 Å². The molecule has 110 valence electrons. The van der Waals surface area contributed by atoms with E-state index in [4.69, 9.17) is 0 Å². The predicted molar refractivity (Wildman–Crippen MR) is 77.2 cm³/mol. The summed E-state index contributed by atoms with van der Waals surface area (Å²) in [5, 5.41) is 2.92. The van der Waals surface area contributed by atoms with Crippen LogP contribution in [0, 0.1) is 11.7 Å². The minimum Gasteiger partial charge on any atom is -0.356 e. The van der Waals surface area contributed by atoms with E-state index in [1.165, 1.54) is 6.07 Å². The van der Waals surface area contributed by atoms with Gasteiger partial charge >= 0.3 is 0 Å². The number of imidazole rings is 1. The minimum atomic E-state index is -0.215. The van der Waals surface area contributed by atoms with Gasteiger partial charge in [0.1, 0.15) is 5.82 Å². The summed E-state index contributed by atoms with van der Waals surface area (Å²) in [5.74, 6) is -0.165. The Labute approximate surface area is 123 Å². The van der Waals surface area contributed by atoms with E-state index in [9.17, 15) is 9.18 Å². The van der Waals surface area contributed by atoms with Gasteiger partial charge in [0.2, 0.25) is 5.91 Å². The van der Waals surface area contributed by atoms with Gasteiger partial charge in [-0.2, -0.15) is 0 Å².